The van der Waals surface area contributed by atoms with Crippen molar-refractivity contribution in [2.45, 2.75) is 53.0 Å². The molecular formula is C21H30N2O3. The second-order valence-electron chi connectivity index (χ2n) is 9.21. The van der Waals surface area contributed by atoms with E-state index < -0.39 is 5.97 Å². The van der Waals surface area contributed by atoms with E-state index in [1.165, 1.54) is 5.56 Å². The highest BCUT2D eigenvalue weighted by atomic mass is 16.4. The van der Waals surface area contributed by atoms with Crippen LogP contribution in [-0.4, -0.2) is 47.6 Å². The van der Waals surface area contributed by atoms with Crippen LogP contribution in [0.4, 0.5) is 0 Å². The van der Waals surface area contributed by atoms with Crippen LogP contribution < -0.4 is 5.32 Å². The van der Waals surface area contributed by atoms with Crippen molar-refractivity contribution >= 4 is 11.9 Å². The molecular weight excluding hydrogens is 328 g/mol. The molecule has 1 aliphatic heterocycles. The minimum atomic E-state index is -0.790. The third-order valence-corrected chi connectivity index (χ3v) is 5.97. The molecule has 1 amide bonds. The Labute approximate surface area is 155 Å². The van der Waals surface area contributed by atoms with Gasteiger partial charge in [0.15, 0.2) is 0 Å². The maximum Gasteiger partial charge on any atom is 0.317 e. The summed E-state index contributed by atoms with van der Waals surface area (Å²) in [6.45, 7) is 10.4. The summed E-state index contributed by atoms with van der Waals surface area (Å²) >= 11 is 0. The van der Waals surface area contributed by atoms with Crippen LogP contribution in [0.15, 0.2) is 18.2 Å². The summed E-state index contributed by atoms with van der Waals surface area (Å²) < 4.78 is 0. The number of hydrogen-bond acceptors (Lipinski definition) is 3. The van der Waals surface area contributed by atoms with E-state index in [1.54, 1.807) is 0 Å². The first-order valence-electron chi connectivity index (χ1n) is 9.45. The van der Waals surface area contributed by atoms with Crippen molar-refractivity contribution in [3.05, 3.63) is 34.9 Å². The highest BCUT2D eigenvalue weighted by Crippen LogP contribution is 2.53. The molecule has 1 heterocycles. The van der Waals surface area contributed by atoms with Gasteiger partial charge in [-0.15, -0.1) is 0 Å². The van der Waals surface area contributed by atoms with Gasteiger partial charge in [-0.1, -0.05) is 33.8 Å². The molecule has 0 atom stereocenters. The average molecular weight is 358 g/mol. The van der Waals surface area contributed by atoms with Crippen molar-refractivity contribution in [3.8, 4) is 0 Å². The Morgan fingerprint density at radius 2 is 1.73 bits per heavy atom. The Morgan fingerprint density at radius 1 is 1.12 bits per heavy atom. The molecule has 0 spiro atoms. The number of carboxylic acids is 1. The monoisotopic (exact) mass is 358 g/mol. The summed E-state index contributed by atoms with van der Waals surface area (Å²) in [4.78, 5) is 25.7. The summed E-state index contributed by atoms with van der Waals surface area (Å²) in [7, 11) is 0. The average Bonchev–Trinajstić information content (AvgIpc) is 2.72. The summed E-state index contributed by atoms with van der Waals surface area (Å²) in [5.74, 6) is -0.799. The Bertz CT molecular complexity index is 710. The number of fused-ring (bicyclic) bond motifs is 1. The Morgan fingerprint density at radius 3 is 2.31 bits per heavy atom. The van der Waals surface area contributed by atoms with Crippen LogP contribution in [-0.2, 0) is 17.6 Å². The molecule has 2 aliphatic rings. The Balaban J connectivity index is 1.71. The first kappa shape index (κ1) is 18.9. The van der Waals surface area contributed by atoms with Crippen molar-refractivity contribution < 1.29 is 14.7 Å². The molecule has 5 heteroatoms. The molecule has 1 saturated carbocycles. The van der Waals surface area contributed by atoms with Crippen LogP contribution in [0.3, 0.4) is 0 Å². The van der Waals surface area contributed by atoms with Gasteiger partial charge in [0.1, 0.15) is 0 Å². The first-order chi connectivity index (χ1) is 12.1. The lowest BCUT2D eigenvalue weighted by Gasteiger charge is -2.57. The molecule has 1 fully saturated rings. The summed E-state index contributed by atoms with van der Waals surface area (Å²) in [6.07, 6.45) is 2.71. The molecule has 5 nitrogen and oxygen atoms in total. The van der Waals surface area contributed by atoms with Crippen molar-refractivity contribution in [2.75, 3.05) is 19.6 Å². The largest absolute Gasteiger partial charge is 0.480 e. The van der Waals surface area contributed by atoms with Crippen molar-refractivity contribution in [3.63, 3.8) is 0 Å². The number of carbonyl (C=O) groups is 2. The van der Waals surface area contributed by atoms with Gasteiger partial charge in [-0.05, 0) is 53.4 Å². The van der Waals surface area contributed by atoms with Gasteiger partial charge < -0.3 is 10.4 Å². The quantitative estimate of drug-likeness (QED) is 0.868. The van der Waals surface area contributed by atoms with Crippen molar-refractivity contribution in [1.29, 1.82) is 0 Å². The molecule has 2 N–H and O–H groups in total. The lowest BCUT2D eigenvalue weighted by molar-refractivity contribution is -0.138. The molecule has 0 aromatic heterocycles. The zero-order chi connectivity index (χ0) is 19.1. The molecule has 0 unspecified atom stereocenters. The number of hydrogen-bond donors (Lipinski definition) is 2. The number of nitrogens with zero attached hydrogens (tertiary/aromatic N) is 1. The van der Waals surface area contributed by atoms with Crippen LogP contribution in [0.25, 0.3) is 0 Å². The maximum atomic E-state index is 12.8. The standard InChI is InChI=1S/C21H30N2O3/c1-20(2)13-21(3,4)19(20)22-18(26)16-6-5-14-7-9-23(12-17(24)25)10-8-15(14)11-16/h5-6,11,19H,7-10,12-13H2,1-4H3,(H,22,26)(H,24,25). The normalized spacial score (nSPS) is 22.0. The fourth-order valence-corrected chi connectivity index (χ4v) is 5.17. The molecule has 142 valence electrons. The third kappa shape index (κ3) is 3.78. The number of benzene rings is 1. The number of nitrogens with one attached hydrogen (secondary N) is 1. The van der Waals surface area contributed by atoms with Gasteiger partial charge in [0.2, 0.25) is 0 Å². The van der Waals surface area contributed by atoms with Crippen LogP contribution in [0.2, 0.25) is 0 Å². The van der Waals surface area contributed by atoms with Crippen LogP contribution in [0.1, 0.15) is 55.6 Å². The minimum absolute atomic E-state index is 0.00899. The van der Waals surface area contributed by atoms with Crippen LogP contribution in [0.5, 0.6) is 0 Å². The smallest absolute Gasteiger partial charge is 0.317 e. The first-order valence-corrected chi connectivity index (χ1v) is 9.45. The number of rotatable bonds is 4. The molecule has 1 aromatic rings. The fourth-order valence-electron chi connectivity index (χ4n) is 5.17. The predicted octanol–water partition coefficient (Wildman–Crippen LogP) is 2.73. The van der Waals surface area contributed by atoms with E-state index in [9.17, 15) is 9.59 Å². The molecule has 1 aliphatic carbocycles. The van der Waals surface area contributed by atoms with E-state index in [0.29, 0.717) is 12.1 Å². The topological polar surface area (TPSA) is 69.6 Å². The van der Waals surface area contributed by atoms with E-state index >= 15 is 0 Å². The minimum Gasteiger partial charge on any atom is -0.480 e. The number of carboxylic acid groups (broad SMARTS) is 1. The van der Waals surface area contributed by atoms with Crippen LogP contribution in [0, 0.1) is 10.8 Å². The van der Waals surface area contributed by atoms with Gasteiger partial charge >= 0.3 is 5.97 Å². The van der Waals surface area contributed by atoms with Gasteiger partial charge in [0.05, 0.1) is 6.54 Å². The number of amides is 1. The van der Waals surface area contributed by atoms with E-state index in [4.69, 9.17) is 5.11 Å². The van der Waals surface area contributed by atoms with Gasteiger partial charge in [-0.3, -0.25) is 14.5 Å². The third-order valence-electron chi connectivity index (χ3n) is 5.97. The second kappa shape index (κ2) is 6.69. The second-order valence-corrected chi connectivity index (χ2v) is 9.21. The molecule has 26 heavy (non-hydrogen) atoms. The molecule has 0 saturated heterocycles. The Kier molecular flexibility index (Phi) is 4.86. The summed E-state index contributed by atoms with van der Waals surface area (Å²) in [5, 5.41) is 12.2. The van der Waals surface area contributed by atoms with E-state index in [0.717, 1.165) is 31.4 Å². The fraction of sp³-hybridized carbons (Fsp3) is 0.619. The predicted molar refractivity (Wildman–Crippen MR) is 101 cm³/mol. The highest BCUT2D eigenvalue weighted by Gasteiger charge is 2.53. The zero-order valence-corrected chi connectivity index (χ0v) is 16.3. The molecule has 1 aromatic carbocycles. The van der Waals surface area contributed by atoms with Crippen LogP contribution >= 0.6 is 0 Å². The Hall–Kier alpha value is -1.88. The molecule has 0 radical (unpaired) electrons. The highest BCUT2D eigenvalue weighted by molar-refractivity contribution is 5.94. The lowest BCUT2D eigenvalue weighted by atomic mass is 9.52. The van der Waals surface area contributed by atoms with E-state index in [2.05, 4.69) is 33.0 Å². The van der Waals surface area contributed by atoms with Gasteiger partial charge in [-0.2, -0.15) is 0 Å². The zero-order valence-electron chi connectivity index (χ0n) is 16.3. The SMILES string of the molecule is CC1(C)CC(C)(C)C1NC(=O)c1ccc2c(c1)CCN(CC(=O)O)CC2. The molecule has 3 rings (SSSR count). The lowest BCUT2D eigenvalue weighted by Crippen LogP contribution is -2.63. The van der Waals surface area contributed by atoms with Gasteiger partial charge in [0, 0.05) is 24.7 Å². The molecule has 0 bridgehead atoms. The van der Waals surface area contributed by atoms with E-state index in [-0.39, 0.29) is 29.3 Å². The van der Waals surface area contributed by atoms with Crippen molar-refractivity contribution in [1.82, 2.24) is 10.2 Å². The van der Waals surface area contributed by atoms with Gasteiger partial charge in [-0.25, -0.2) is 0 Å². The number of aliphatic carboxylic acids is 1. The van der Waals surface area contributed by atoms with E-state index in [1.807, 2.05) is 23.1 Å². The summed E-state index contributed by atoms with van der Waals surface area (Å²) in [5.41, 5.74) is 3.34. The maximum absolute atomic E-state index is 12.8. The summed E-state index contributed by atoms with van der Waals surface area (Å²) in [6, 6.07) is 6.10. The van der Waals surface area contributed by atoms with Crippen molar-refractivity contribution in [2.24, 2.45) is 10.8 Å². The number of carbonyl (C=O) groups excluding carboxylic acids is 1. The van der Waals surface area contributed by atoms with Gasteiger partial charge in [0.25, 0.3) is 5.91 Å².